The van der Waals surface area contributed by atoms with Crippen LogP contribution in [-0.2, 0) is 29.6 Å². The number of sulfonamides is 1. The predicted octanol–water partition coefficient (Wildman–Crippen LogP) is 4.29. The number of halogens is 3. The number of fused-ring (bicyclic) bond motifs is 1. The Morgan fingerprint density at radius 2 is 2.06 bits per heavy atom. The Morgan fingerprint density at radius 1 is 1.27 bits per heavy atom. The Morgan fingerprint density at radius 3 is 2.73 bits per heavy atom. The second kappa shape index (κ2) is 9.50. The Balaban J connectivity index is 1.70. The zero-order valence-corrected chi connectivity index (χ0v) is 20.0. The van der Waals surface area contributed by atoms with Crippen LogP contribution in [0.15, 0.2) is 47.5 Å². The van der Waals surface area contributed by atoms with Gasteiger partial charge in [-0.05, 0) is 37.1 Å². The van der Waals surface area contributed by atoms with Crippen LogP contribution in [0.2, 0.25) is 10.2 Å². The molecule has 1 N–H and O–H groups in total. The number of rotatable bonds is 7. The fourth-order valence-electron chi connectivity index (χ4n) is 3.76. The average molecular weight is 514 g/mol. The molecular weight excluding hydrogens is 492 g/mol. The summed E-state index contributed by atoms with van der Waals surface area (Å²) in [4.78, 5) is -0.111. The molecule has 7 nitrogen and oxygen atoms in total. The minimum Gasteiger partial charge on any atom is -0.489 e. The maximum Gasteiger partial charge on any atom is 0.269 e. The summed E-state index contributed by atoms with van der Waals surface area (Å²) in [6, 6.07) is 9.38. The SMILES string of the molecule is CCn1cc(S(=O)(=O)N2CC(CO)Cc3ccc(OCc4c(F)cccc4Cl)cc32)c(Cl)n1. The first-order chi connectivity index (χ1) is 15.7. The topological polar surface area (TPSA) is 84.7 Å². The van der Waals surface area contributed by atoms with Gasteiger partial charge in [0.05, 0.1) is 10.7 Å². The molecule has 0 fully saturated rings. The zero-order chi connectivity index (χ0) is 23.8. The highest BCUT2D eigenvalue weighted by Crippen LogP contribution is 2.38. The van der Waals surface area contributed by atoms with Crippen molar-refractivity contribution in [3.8, 4) is 5.75 Å². The molecule has 1 aromatic heterocycles. The Labute approximate surface area is 201 Å². The summed E-state index contributed by atoms with van der Waals surface area (Å²) < 4.78 is 49.6. The van der Waals surface area contributed by atoms with Crippen LogP contribution in [0.5, 0.6) is 5.75 Å². The van der Waals surface area contributed by atoms with Crippen LogP contribution >= 0.6 is 23.2 Å². The summed E-state index contributed by atoms with van der Waals surface area (Å²) in [6.45, 7) is 2.07. The fourth-order valence-corrected chi connectivity index (χ4v) is 5.99. The molecule has 0 bridgehead atoms. The third-order valence-electron chi connectivity index (χ3n) is 5.54. The van der Waals surface area contributed by atoms with Gasteiger partial charge in [0.2, 0.25) is 0 Å². The molecular formula is C22H22Cl2FN3O4S. The molecule has 0 saturated heterocycles. The standard InChI is InChI=1S/C22H22Cl2FN3O4S/c1-2-27-11-21(22(24)26-27)33(30,31)28-10-14(12-29)8-15-6-7-16(9-20(15)28)32-13-17-18(23)4-3-5-19(17)25/h3-7,9,11,14,29H,2,8,10,12-13H2,1H3. The van der Waals surface area contributed by atoms with Crippen LogP contribution in [0.3, 0.4) is 0 Å². The largest absolute Gasteiger partial charge is 0.489 e. The normalized spacial score (nSPS) is 16.0. The lowest BCUT2D eigenvalue weighted by Gasteiger charge is -2.34. The average Bonchev–Trinajstić information content (AvgIpc) is 3.19. The van der Waals surface area contributed by atoms with Gasteiger partial charge in [-0.15, -0.1) is 0 Å². The predicted molar refractivity (Wildman–Crippen MR) is 124 cm³/mol. The van der Waals surface area contributed by atoms with Crippen LogP contribution in [0.25, 0.3) is 0 Å². The van der Waals surface area contributed by atoms with Crippen LogP contribution in [0, 0.1) is 11.7 Å². The second-order valence-electron chi connectivity index (χ2n) is 7.71. The summed E-state index contributed by atoms with van der Waals surface area (Å²) in [7, 11) is -4.07. The molecule has 176 valence electrons. The van der Waals surface area contributed by atoms with E-state index in [1.165, 1.54) is 27.3 Å². The number of aliphatic hydroxyl groups excluding tert-OH is 1. The number of hydrogen-bond donors (Lipinski definition) is 1. The monoisotopic (exact) mass is 513 g/mol. The van der Waals surface area contributed by atoms with Crippen molar-refractivity contribution >= 4 is 38.9 Å². The van der Waals surface area contributed by atoms with E-state index in [2.05, 4.69) is 5.10 Å². The van der Waals surface area contributed by atoms with Gasteiger partial charge in [-0.2, -0.15) is 5.10 Å². The van der Waals surface area contributed by atoms with E-state index in [-0.39, 0.29) is 46.3 Å². The quantitative estimate of drug-likeness (QED) is 0.509. The fraction of sp³-hybridized carbons (Fsp3) is 0.318. The van der Waals surface area contributed by atoms with Gasteiger partial charge >= 0.3 is 0 Å². The van der Waals surface area contributed by atoms with Crippen LogP contribution in [-0.4, -0.2) is 36.5 Å². The highest BCUT2D eigenvalue weighted by Gasteiger charge is 2.36. The lowest BCUT2D eigenvalue weighted by molar-refractivity contribution is 0.227. The Hall–Kier alpha value is -2.33. The Kier molecular flexibility index (Phi) is 6.86. The molecule has 11 heteroatoms. The summed E-state index contributed by atoms with van der Waals surface area (Å²) in [5.41, 5.74) is 1.36. The molecule has 0 amide bonds. The maximum atomic E-state index is 14.1. The van der Waals surface area contributed by atoms with E-state index in [4.69, 9.17) is 27.9 Å². The number of aliphatic hydroxyl groups is 1. The first kappa shape index (κ1) is 23.8. The molecule has 33 heavy (non-hydrogen) atoms. The number of ether oxygens (including phenoxy) is 1. The van der Waals surface area contributed by atoms with Crippen molar-refractivity contribution in [3.63, 3.8) is 0 Å². The Bertz CT molecular complexity index is 1260. The highest BCUT2D eigenvalue weighted by atomic mass is 35.5. The molecule has 0 saturated carbocycles. The highest BCUT2D eigenvalue weighted by molar-refractivity contribution is 7.93. The van der Waals surface area contributed by atoms with Gasteiger partial charge in [0, 0.05) is 43.4 Å². The summed E-state index contributed by atoms with van der Waals surface area (Å²) in [6.07, 6.45) is 1.89. The van der Waals surface area contributed by atoms with Crippen molar-refractivity contribution in [2.75, 3.05) is 17.5 Å². The molecule has 1 aliphatic rings. The minimum absolute atomic E-state index is 0.0715. The number of aromatic nitrogens is 2. The molecule has 1 aliphatic heterocycles. The van der Waals surface area contributed by atoms with E-state index >= 15 is 0 Å². The second-order valence-corrected chi connectivity index (χ2v) is 10.3. The summed E-state index contributed by atoms with van der Waals surface area (Å²) in [5.74, 6) is -0.416. The molecule has 1 atom stereocenters. The van der Waals surface area contributed by atoms with Gasteiger partial charge in [0.25, 0.3) is 10.0 Å². The van der Waals surface area contributed by atoms with E-state index in [9.17, 15) is 17.9 Å². The number of aryl methyl sites for hydroxylation is 1. The molecule has 2 aromatic carbocycles. The van der Waals surface area contributed by atoms with Gasteiger partial charge < -0.3 is 9.84 Å². The lowest BCUT2D eigenvalue weighted by Crippen LogP contribution is -2.41. The number of hydrogen-bond acceptors (Lipinski definition) is 5. The molecule has 2 heterocycles. The van der Waals surface area contributed by atoms with Gasteiger partial charge in [0.1, 0.15) is 23.1 Å². The molecule has 3 aromatic rings. The molecule has 0 aliphatic carbocycles. The molecule has 0 radical (unpaired) electrons. The maximum absolute atomic E-state index is 14.1. The summed E-state index contributed by atoms with van der Waals surface area (Å²) in [5, 5.41) is 13.9. The van der Waals surface area contributed by atoms with E-state index in [1.54, 1.807) is 24.3 Å². The summed E-state index contributed by atoms with van der Waals surface area (Å²) >= 11 is 12.2. The molecule has 0 spiro atoms. The first-order valence-electron chi connectivity index (χ1n) is 10.3. The number of anilines is 1. The van der Waals surface area contributed by atoms with Gasteiger partial charge in [-0.25, -0.2) is 12.8 Å². The zero-order valence-electron chi connectivity index (χ0n) is 17.7. The number of nitrogens with zero attached hydrogens (tertiary/aromatic N) is 3. The van der Waals surface area contributed by atoms with Crippen molar-refractivity contribution in [3.05, 3.63) is 69.7 Å². The van der Waals surface area contributed by atoms with Crippen LogP contribution in [0.1, 0.15) is 18.1 Å². The van der Waals surface area contributed by atoms with Crippen molar-refractivity contribution < 1.29 is 22.7 Å². The molecule has 1 unspecified atom stereocenters. The number of benzene rings is 2. The minimum atomic E-state index is -4.07. The van der Waals surface area contributed by atoms with Crippen molar-refractivity contribution in [1.82, 2.24) is 9.78 Å². The van der Waals surface area contributed by atoms with E-state index in [0.717, 1.165) is 5.56 Å². The van der Waals surface area contributed by atoms with Crippen LogP contribution in [0.4, 0.5) is 10.1 Å². The van der Waals surface area contributed by atoms with Crippen LogP contribution < -0.4 is 9.04 Å². The van der Waals surface area contributed by atoms with Crippen molar-refractivity contribution in [1.29, 1.82) is 0 Å². The third kappa shape index (κ3) is 4.68. The molecule has 4 rings (SSSR count). The van der Waals surface area contributed by atoms with Gasteiger partial charge in [-0.1, -0.05) is 35.3 Å². The smallest absolute Gasteiger partial charge is 0.269 e. The lowest BCUT2D eigenvalue weighted by atomic mass is 9.94. The van der Waals surface area contributed by atoms with E-state index in [0.29, 0.717) is 24.4 Å². The van der Waals surface area contributed by atoms with Gasteiger partial charge in [-0.3, -0.25) is 8.99 Å². The van der Waals surface area contributed by atoms with E-state index < -0.39 is 15.8 Å². The van der Waals surface area contributed by atoms with Crippen molar-refractivity contribution in [2.45, 2.75) is 31.4 Å². The van der Waals surface area contributed by atoms with Gasteiger partial charge in [0.15, 0.2) is 5.15 Å². The van der Waals surface area contributed by atoms with Crippen molar-refractivity contribution in [2.24, 2.45) is 5.92 Å². The first-order valence-corrected chi connectivity index (χ1v) is 12.5. The third-order valence-corrected chi connectivity index (χ3v) is 8.06. The van der Waals surface area contributed by atoms with E-state index in [1.807, 2.05) is 6.92 Å².